The van der Waals surface area contributed by atoms with Gasteiger partial charge >= 0.3 is 372 Å². The summed E-state index contributed by atoms with van der Waals surface area (Å²) in [5.74, 6) is 1.59. The van der Waals surface area contributed by atoms with Gasteiger partial charge in [-0.25, -0.2) is 0 Å². The van der Waals surface area contributed by atoms with Crippen molar-refractivity contribution >= 4 is 46.4 Å². The summed E-state index contributed by atoms with van der Waals surface area (Å²) in [5.41, 5.74) is 19.9. The van der Waals surface area contributed by atoms with Crippen LogP contribution in [0.2, 0.25) is 0 Å². The topological polar surface area (TPSA) is 38.5 Å². The maximum atomic E-state index is 8.75. The second-order valence-corrected chi connectivity index (χ2v) is 21.1. The Kier molecular flexibility index (Phi) is 9.21. The molecule has 0 aliphatic carbocycles. The van der Waals surface area contributed by atoms with Gasteiger partial charge < -0.3 is 0 Å². The first-order chi connectivity index (χ1) is 36.9. The summed E-state index contributed by atoms with van der Waals surface area (Å²) in [6.07, 6.45) is 0. The quantitative estimate of drug-likeness (QED) is 0.149. The molecule has 0 saturated carbocycles. The fourth-order valence-corrected chi connectivity index (χ4v) is 12.6. The van der Waals surface area contributed by atoms with E-state index in [9.17, 15) is 0 Å². The normalized spacial score (nSPS) is 13.7. The van der Waals surface area contributed by atoms with Crippen molar-refractivity contribution in [1.29, 1.82) is 0 Å². The number of hydrogen-bond donors (Lipinski definition) is 0. The van der Waals surface area contributed by atoms with Crippen molar-refractivity contribution in [3.63, 3.8) is 0 Å². The van der Waals surface area contributed by atoms with E-state index >= 15 is 0 Å². The maximum absolute atomic E-state index is 8.75. The third-order valence-electron chi connectivity index (χ3n) is 14.8. The molecule has 3 aliphatic rings. The van der Waals surface area contributed by atoms with Crippen molar-refractivity contribution in [3.8, 4) is 78.6 Å². The zero-order valence-corrected chi connectivity index (χ0v) is 42.6. The Morgan fingerprint density at radius 1 is 0.493 bits per heavy atom. The summed E-state index contributed by atoms with van der Waals surface area (Å²) >= 11 is 2.49. The Morgan fingerprint density at radius 3 is 1.85 bits per heavy atom. The molecule has 9 aromatic carbocycles. The Bertz CT molecular complexity index is 4260. The Labute approximate surface area is 440 Å². The molecule has 73 heavy (non-hydrogen) atoms. The second kappa shape index (κ2) is 16.7. The minimum atomic E-state index is -2.41. The molecule has 6 nitrogen and oxygen atoms in total. The van der Waals surface area contributed by atoms with Crippen LogP contribution in [-0.4, -0.2) is 21.1 Å². The monoisotopic (exact) mass is 1120 g/mol. The van der Waals surface area contributed by atoms with Gasteiger partial charge in [-0.2, -0.15) is 0 Å². The molecule has 11 aromatic rings. The van der Waals surface area contributed by atoms with E-state index in [1.165, 1.54) is 22.2 Å². The third-order valence-corrected chi connectivity index (χ3v) is 15.8. The zero-order chi connectivity index (χ0) is 51.6. The molecular weight excluding hydrogens is 1070 g/mol. The van der Waals surface area contributed by atoms with Gasteiger partial charge in [0, 0.05) is 11.3 Å². The first-order valence-electron chi connectivity index (χ1n) is 26.2. The van der Waals surface area contributed by atoms with Gasteiger partial charge in [0.15, 0.2) is 0 Å². The number of imidazole rings is 1. The van der Waals surface area contributed by atoms with Gasteiger partial charge in [-0.15, -0.1) is 0 Å². The molecule has 0 bridgehead atoms. The van der Waals surface area contributed by atoms with E-state index in [2.05, 4.69) is 241 Å². The number of anilines is 4. The number of aryl methyl sites for hydroxylation is 1. The first kappa shape index (κ1) is 40.4. The van der Waals surface area contributed by atoms with Gasteiger partial charge in [-0.05, 0) is 17.7 Å². The van der Waals surface area contributed by atoms with Crippen LogP contribution >= 0.6 is 0 Å². The SMILES string of the molecule is [2H]C([2H])([2H])c1ccccc1-c1cc2c(nc1Oc1cccc(-n3[c](=[Pt])n(-c4c(-c5ccccc5)cccc4-c4cccc(C(C)(C)C)c4)c4ccccc43)c1)N1B3c4c(cccc4-2)-c2ccccc2N3c2ccccc21. The number of ether oxygens (including phenoxy) is 1. The number of hydrogen-bond acceptors (Lipinski definition) is 4. The summed E-state index contributed by atoms with van der Waals surface area (Å²) in [5, 5.41) is 0. The van der Waals surface area contributed by atoms with Crippen LogP contribution in [0.4, 0.5) is 22.9 Å². The molecule has 8 heteroatoms. The van der Waals surface area contributed by atoms with E-state index in [1.54, 1.807) is 12.1 Å². The van der Waals surface area contributed by atoms with Gasteiger partial charge in [0.2, 0.25) is 0 Å². The van der Waals surface area contributed by atoms with E-state index in [4.69, 9.17) is 13.8 Å². The van der Waals surface area contributed by atoms with Crippen LogP contribution < -0.4 is 19.8 Å². The Morgan fingerprint density at radius 2 is 1.08 bits per heavy atom. The summed E-state index contributed by atoms with van der Waals surface area (Å²) < 4.78 is 39.1. The second-order valence-electron chi connectivity index (χ2n) is 20.0. The molecule has 0 unspecified atom stereocenters. The Hall–Kier alpha value is -8.25. The zero-order valence-electron chi connectivity index (χ0n) is 43.3. The van der Waals surface area contributed by atoms with E-state index < -0.39 is 6.85 Å². The van der Waals surface area contributed by atoms with Gasteiger partial charge in [0.05, 0.1) is 0 Å². The molecule has 0 saturated heterocycles. The molecule has 0 spiro atoms. The van der Waals surface area contributed by atoms with Crippen LogP contribution in [0.3, 0.4) is 0 Å². The molecule has 14 rings (SSSR count). The summed E-state index contributed by atoms with van der Waals surface area (Å²) in [6.45, 7) is 4.17. The van der Waals surface area contributed by atoms with Crippen molar-refractivity contribution in [3.05, 3.63) is 233 Å². The number of pyridine rings is 1. The van der Waals surface area contributed by atoms with Crippen molar-refractivity contribution in [2.45, 2.75) is 33.0 Å². The van der Waals surface area contributed by atoms with Crippen LogP contribution in [0.25, 0.3) is 78.0 Å². The summed E-state index contributed by atoms with van der Waals surface area (Å²) in [4.78, 5) is 10.4. The number of rotatable bonds is 7. The minimum absolute atomic E-state index is 0.0368. The molecule has 0 radical (unpaired) electrons. The van der Waals surface area contributed by atoms with Crippen molar-refractivity contribution < 1.29 is 28.2 Å². The summed E-state index contributed by atoms with van der Waals surface area (Å²) in [6, 6.07) is 75.9. The molecule has 0 amide bonds. The fraction of sp³-hybridized carbons (Fsp3) is 0.0769. The molecule has 0 atom stereocenters. The number of para-hydroxylation sites is 6. The van der Waals surface area contributed by atoms with Gasteiger partial charge in [-0.1, -0.05) is 42.5 Å². The van der Waals surface area contributed by atoms with E-state index in [0.717, 1.165) is 82.5 Å². The molecule has 0 fully saturated rings. The molecule has 5 heterocycles. The predicted molar refractivity (Wildman–Crippen MR) is 297 cm³/mol. The molecule has 0 N–H and O–H groups in total. The number of fused-ring (bicyclic) bond motifs is 10. The van der Waals surface area contributed by atoms with E-state index in [-0.39, 0.29) is 18.0 Å². The molecule has 3 aliphatic heterocycles. The standard InChI is InChI=1S/C65H48BN5O.Pt/c1-42-20-8-9-27-48(42)55-40-54-53-32-19-31-52-51-28-10-11-33-56(51)70-59-36-14-15-37-60(59)71(66(70)61(52)53)63(54)67-64(55)72-47-26-17-25-46(39-47)68-41-69(58-35-13-12-34-57(58)68)62-49(43-21-6-5-7-22-43)29-18-30-50(62)44-23-16-24-45(38-44)65(2,3)4;/h5-40H,1-4H3;/i1D3;. The molecule has 2 aromatic heterocycles. The van der Waals surface area contributed by atoms with Crippen LogP contribution in [0, 0.1) is 10.7 Å². The van der Waals surface area contributed by atoms with Crippen molar-refractivity contribution in [2.75, 3.05) is 9.62 Å². The molecule has 352 valence electrons. The fourth-order valence-electron chi connectivity index (χ4n) is 11.5. The van der Waals surface area contributed by atoms with Gasteiger partial charge in [0.1, 0.15) is 0 Å². The van der Waals surface area contributed by atoms with Crippen LogP contribution in [0.15, 0.2) is 218 Å². The van der Waals surface area contributed by atoms with Crippen LogP contribution in [0.5, 0.6) is 11.6 Å². The summed E-state index contributed by atoms with van der Waals surface area (Å²) in [7, 11) is 0. The van der Waals surface area contributed by atoms with Gasteiger partial charge in [-0.3, -0.25) is 0 Å². The number of benzene rings is 9. The predicted octanol–water partition coefficient (Wildman–Crippen LogP) is 15.9. The van der Waals surface area contributed by atoms with Crippen molar-refractivity contribution in [1.82, 2.24) is 14.1 Å². The Balaban J connectivity index is 0.966. The van der Waals surface area contributed by atoms with Crippen LogP contribution in [0.1, 0.15) is 36.0 Å². The molecular formula is C65H48BN5OPt. The number of nitrogens with zero attached hydrogens (tertiary/aromatic N) is 5. The first-order valence-corrected chi connectivity index (χ1v) is 25.9. The average molecular weight is 1120 g/mol. The van der Waals surface area contributed by atoms with E-state index in [0.29, 0.717) is 22.8 Å². The average Bonchev–Trinajstić information content (AvgIpc) is 4.17. The van der Waals surface area contributed by atoms with E-state index in [1.807, 2.05) is 24.3 Å². The third kappa shape index (κ3) is 6.75. The number of aromatic nitrogens is 3. The van der Waals surface area contributed by atoms with Crippen LogP contribution in [-0.2, 0) is 24.8 Å². The van der Waals surface area contributed by atoms with Gasteiger partial charge in [0.25, 0.3) is 0 Å². The van der Waals surface area contributed by atoms with Crippen molar-refractivity contribution in [2.24, 2.45) is 0 Å².